The maximum atomic E-state index is 13.1. The van der Waals surface area contributed by atoms with E-state index < -0.39 is 0 Å². The molecule has 1 aromatic heterocycles. The number of aromatic nitrogens is 2. The van der Waals surface area contributed by atoms with Gasteiger partial charge in [0.2, 0.25) is 0 Å². The summed E-state index contributed by atoms with van der Waals surface area (Å²) in [5.41, 5.74) is 2.57. The van der Waals surface area contributed by atoms with Gasteiger partial charge in [0, 0.05) is 12.2 Å². The monoisotopic (exact) mass is 281 g/mol. The van der Waals surface area contributed by atoms with E-state index in [-0.39, 0.29) is 5.82 Å². The van der Waals surface area contributed by atoms with Crippen molar-refractivity contribution in [2.45, 2.75) is 33.4 Å². The SMILES string of the molecule is CCc1nn(CC)c(CNc2cccc(F)c2)c1Cl. The molecule has 0 aliphatic heterocycles. The van der Waals surface area contributed by atoms with Crippen LogP contribution in [0.2, 0.25) is 5.02 Å². The van der Waals surface area contributed by atoms with Crippen LogP contribution < -0.4 is 5.32 Å². The van der Waals surface area contributed by atoms with Crippen LogP contribution in [0.15, 0.2) is 24.3 Å². The summed E-state index contributed by atoms with van der Waals surface area (Å²) in [6, 6.07) is 6.38. The van der Waals surface area contributed by atoms with Gasteiger partial charge in [-0.05, 0) is 31.5 Å². The molecule has 0 aliphatic rings. The highest BCUT2D eigenvalue weighted by atomic mass is 35.5. The Bertz CT molecular complexity index is 566. The van der Waals surface area contributed by atoms with E-state index in [1.54, 1.807) is 6.07 Å². The molecule has 0 amide bonds. The van der Waals surface area contributed by atoms with Gasteiger partial charge < -0.3 is 5.32 Å². The van der Waals surface area contributed by atoms with Gasteiger partial charge in [0.25, 0.3) is 0 Å². The van der Waals surface area contributed by atoms with Gasteiger partial charge in [-0.15, -0.1) is 0 Å². The molecule has 0 bridgehead atoms. The van der Waals surface area contributed by atoms with E-state index in [0.29, 0.717) is 11.6 Å². The Morgan fingerprint density at radius 2 is 2.16 bits per heavy atom. The summed E-state index contributed by atoms with van der Waals surface area (Å²) in [5.74, 6) is -0.255. The first kappa shape index (κ1) is 13.9. The second-order valence-corrected chi connectivity index (χ2v) is 4.62. The zero-order valence-corrected chi connectivity index (χ0v) is 11.8. The van der Waals surface area contributed by atoms with Crippen molar-refractivity contribution in [3.05, 3.63) is 46.5 Å². The molecule has 2 aromatic rings. The first-order chi connectivity index (χ1) is 9.15. The standard InChI is InChI=1S/C14H17ClFN3/c1-3-12-14(15)13(19(4-2)18-12)9-17-11-7-5-6-10(16)8-11/h5-8,17H,3-4,9H2,1-2H3. The van der Waals surface area contributed by atoms with Crippen LogP contribution in [0.5, 0.6) is 0 Å². The number of hydrogen-bond acceptors (Lipinski definition) is 2. The number of rotatable bonds is 5. The lowest BCUT2D eigenvalue weighted by molar-refractivity contribution is 0.618. The van der Waals surface area contributed by atoms with E-state index >= 15 is 0 Å². The predicted octanol–water partition coefficient (Wildman–Crippen LogP) is 3.87. The Kier molecular flexibility index (Phi) is 4.43. The van der Waals surface area contributed by atoms with Gasteiger partial charge in [0.15, 0.2) is 0 Å². The molecule has 0 unspecified atom stereocenters. The average Bonchev–Trinajstić information content (AvgIpc) is 2.72. The minimum atomic E-state index is -0.255. The van der Waals surface area contributed by atoms with E-state index in [2.05, 4.69) is 10.4 Å². The van der Waals surface area contributed by atoms with Crippen molar-refractivity contribution in [3.8, 4) is 0 Å². The van der Waals surface area contributed by atoms with Gasteiger partial charge in [-0.2, -0.15) is 5.10 Å². The van der Waals surface area contributed by atoms with Crippen molar-refractivity contribution in [2.75, 3.05) is 5.32 Å². The highest BCUT2D eigenvalue weighted by Gasteiger charge is 2.13. The molecule has 1 aromatic carbocycles. The van der Waals surface area contributed by atoms with Gasteiger partial charge in [0.05, 0.1) is 23.0 Å². The molecule has 102 valence electrons. The van der Waals surface area contributed by atoms with Crippen LogP contribution in [0.1, 0.15) is 25.2 Å². The third-order valence-corrected chi connectivity index (χ3v) is 3.42. The Balaban J connectivity index is 2.17. The third-order valence-electron chi connectivity index (χ3n) is 2.98. The van der Waals surface area contributed by atoms with Crippen molar-refractivity contribution >= 4 is 17.3 Å². The fourth-order valence-corrected chi connectivity index (χ4v) is 2.31. The second-order valence-electron chi connectivity index (χ2n) is 4.24. The lowest BCUT2D eigenvalue weighted by atomic mass is 10.2. The van der Waals surface area contributed by atoms with Gasteiger partial charge in [-0.25, -0.2) is 4.39 Å². The normalized spacial score (nSPS) is 10.7. The molecule has 3 nitrogen and oxygen atoms in total. The molecule has 0 atom stereocenters. The van der Waals surface area contributed by atoms with Crippen LogP contribution >= 0.6 is 11.6 Å². The minimum Gasteiger partial charge on any atom is -0.379 e. The number of aryl methyl sites for hydroxylation is 2. The zero-order valence-electron chi connectivity index (χ0n) is 11.1. The fraction of sp³-hybridized carbons (Fsp3) is 0.357. The fourth-order valence-electron chi connectivity index (χ4n) is 1.97. The summed E-state index contributed by atoms with van der Waals surface area (Å²) in [4.78, 5) is 0. The summed E-state index contributed by atoms with van der Waals surface area (Å²) in [6.45, 7) is 5.34. The lowest BCUT2D eigenvalue weighted by Gasteiger charge is -2.08. The Hall–Kier alpha value is -1.55. The number of anilines is 1. The smallest absolute Gasteiger partial charge is 0.125 e. The van der Waals surface area contributed by atoms with E-state index in [1.807, 2.05) is 24.6 Å². The van der Waals surface area contributed by atoms with Crippen molar-refractivity contribution in [2.24, 2.45) is 0 Å². The van der Waals surface area contributed by atoms with Gasteiger partial charge in [0.1, 0.15) is 5.82 Å². The molecule has 0 radical (unpaired) electrons. The number of hydrogen-bond donors (Lipinski definition) is 1. The molecule has 1 heterocycles. The molecule has 0 saturated heterocycles. The number of nitrogens with zero attached hydrogens (tertiary/aromatic N) is 2. The third kappa shape index (κ3) is 3.07. The van der Waals surface area contributed by atoms with Crippen molar-refractivity contribution < 1.29 is 4.39 Å². The molecular weight excluding hydrogens is 265 g/mol. The summed E-state index contributed by atoms with van der Waals surface area (Å²) in [5, 5.41) is 8.32. The van der Waals surface area contributed by atoms with Crippen LogP contribution in [0.25, 0.3) is 0 Å². The minimum absolute atomic E-state index is 0.255. The molecule has 19 heavy (non-hydrogen) atoms. The summed E-state index contributed by atoms with van der Waals surface area (Å²) < 4.78 is 15.0. The van der Waals surface area contributed by atoms with Crippen LogP contribution in [0.4, 0.5) is 10.1 Å². The lowest BCUT2D eigenvalue weighted by Crippen LogP contribution is -2.08. The topological polar surface area (TPSA) is 29.9 Å². The van der Waals surface area contributed by atoms with Crippen molar-refractivity contribution in [1.82, 2.24) is 9.78 Å². The molecule has 0 aliphatic carbocycles. The van der Waals surface area contributed by atoms with Gasteiger partial charge in [-0.1, -0.05) is 24.6 Å². The molecule has 0 fully saturated rings. The highest BCUT2D eigenvalue weighted by molar-refractivity contribution is 6.31. The molecule has 0 saturated carbocycles. The average molecular weight is 282 g/mol. The highest BCUT2D eigenvalue weighted by Crippen LogP contribution is 2.22. The molecule has 2 rings (SSSR count). The van der Waals surface area contributed by atoms with Crippen molar-refractivity contribution in [1.29, 1.82) is 0 Å². The Morgan fingerprint density at radius 1 is 1.37 bits per heavy atom. The quantitative estimate of drug-likeness (QED) is 0.902. The predicted molar refractivity (Wildman–Crippen MR) is 76.0 cm³/mol. The maximum Gasteiger partial charge on any atom is 0.125 e. The van der Waals surface area contributed by atoms with E-state index in [9.17, 15) is 4.39 Å². The Labute approximate surface area is 117 Å². The molecule has 0 spiro atoms. The maximum absolute atomic E-state index is 13.1. The molecular formula is C14H17ClFN3. The van der Waals surface area contributed by atoms with Crippen molar-refractivity contribution in [3.63, 3.8) is 0 Å². The largest absolute Gasteiger partial charge is 0.379 e. The number of benzene rings is 1. The second kappa shape index (κ2) is 6.06. The molecule has 1 N–H and O–H groups in total. The van der Waals surface area contributed by atoms with E-state index in [1.165, 1.54) is 12.1 Å². The van der Waals surface area contributed by atoms with Crippen LogP contribution in [0.3, 0.4) is 0 Å². The number of nitrogens with one attached hydrogen (secondary N) is 1. The summed E-state index contributed by atoms with van der Waals surface area (Å²) >= 11 is 6.31. The summed E-state index contributed by atoms with van der Waals surface area (Å²) in [6.07, 6.45) is 0.804. The Morgan fingerprint density at radius 3 is 2.79 bits per heavy atom. The van der Waals surface area contributed by atoms with E-state index in [4.69, 9.17) is 11.6 Å². The zero-order chi connectivity index (χ0) is 13.8. The van der Waals surface area contributed by atoms with Gasteiger partial charge >= 0.3 is 0 Å². The first-order valence-electron chi connectivity index (χ1n) is 6.39. The van der Waals surface area contributed by atoms with Crippen LogP contribution in [-0.4, -0.2) is 9.78 Å². The molecule has 5 heteroatoms. The van der Waals surface area contributed by atoms with Crippen LogP contribution in [-0.2, 0) is 19.5 Å². The first-order valence-corrected chi connectivity index (χ1v) is 6.77. The summed E-state index contributed by atoms with van der Waals surface area (Å²) in [7, 11) is 0. The van der Waals surface area contributed by atoms with E-state index in [0.717, 1.165) is 30.0 Å². The van der Waals surface area contributed by atoms with Gasteiger partial charge in [-0.3, -0.25) is 4.68 Å². The van der Waals surface area contributed by atoms with Crippen LogP contribution in [0, 0.1) is 5.82 Å². The number of halogens is 2.